The van der Waals surface area contributed by atoms with E-state index in [1.165, 1.54) is 30.7 Å². The lowest BCUT2D eigenvalue weighted by Crippen LogP contribution is -2.48. The average Bonchev–Trinajstić information content (AvgIpc) is 3.70. The van der Waals surface area contributed by atoms with Crippen molar-refractivity contribution in [3.8, 4) is 22.7 Å². The number of imidazole rings is 1. The molecule has 1 aliphatic heterocycles. The topological polar surface area (TPSA) is 54.5 Å². The summed E-state index contributed by atoms with van der Waals surface area (Å²) in [6.07, 6.45) is 6.40. The first-order chi connectivity index (χ1) is 17.7. The van der Waals surface area contributed by atoms with Crippen LogP contribution in [0.15, 0.2) is 77.5 Å². The molecular weight excluding hydrogens is 455 g/mol. The Bertz CT molecular complexity index is 1330. The molecule has 3 heterocycles. The Labute approximate surface area is 210 Å². The third-order valence-corrected chi connectivity index (χ3v) is 7.37. The summed E-state index contributed by atoms with van der Waals surface area (Å²) in [6.45, 7) is 2.86. The van der Waals surface area contributed by atoms with E-state index in [1.54, 1.807) is 18.2 Å². The minimum atomic E-state index is -0.284. The standard InChI is InChI=1S/C29H29FN4O2/c30-22-12-10-21(11-13-22)27-28(34(20-31-27)24-8-4-5-9-24)25-14-15-26(36-25)29(35)33-18-16-32(17-19-33)23-6-2-1-3-7-23/h1-3,6-7,10-15,20,24H,4-5,8-9,16-19H2. The minimum absolute atomic E-state index is 0.0933. The Hall–Kier alpha value is -3.87. The minimum Gasteiger partial charge on any atom is -0.449 e. The van der Waals surface area contributed by atoms with Gasteiger partial charge in [-0.3, -0.25) is 4.79 Å². The van der Waals surface area contributed by atoms with Gasteiger partial charge in [-0.05, 0) is 61.4 Å². The summed E-state index contributed by atoms with van der Waals surface area (Å²) in [6, 6.07) is 20.6. The SMILES string of the molecule is O=C(c1ccc(-c2c(-c3ccc(F)cc3)ncn2C2CCCC2)o1)N1CCN(c2ccccc2)CC1. The summed E-state index contributed by atoms with van der Waals surface area (Å²) in [5.74, 6) is 0.574. The third-order valence-electron chi connectivity index (χ3n) is 7.37. The number of anilines is 1. The number of benzene rings is 2. The van der Waals surface area contributed by atoms with Crippen LogP contribution in [-0.4, -0.2) is 46.5 Å². The molecule has 0 atom stereocenters. The molecule has 2 aromatic heterocycles. The fourth-order valence-electron chi connectivity index (χ4n) is 5.43. The van der Waals surface area contributed by atoms with E-state index in [1.807, 2.05) is 35.5 Å². The Morgan fingerprint density at radius 1 is 0.889 bits per heavy atom. The zero-order valence-electron chi connectivity index (χ0n) is 20.1. The van der Waals surface area contributed by atoms with Crippen molar-refractivity contribution in [2.75, 3.05) is 31.1 Å². The summed E-state index contributed by atoms with van der Waals surface area (Å²) < 4.78 is 22.0. The van der Waals surface area contributed by atoms with Gasteiger partial charge in [0.15, 0.2) is 11.5 Å². The highest BCUT2D eigenvalue weighted by molar-refractivity contribution is 5.92. The van der Waals surface area contributed by atoms with Crippen LogP contribution in [0.5, 0.6) is 0 Å². The number of furan rings is 1. The maximum atomic E-state index is 13.6. The van der Waals surface area contributed by atoms with Crippen LogP contribution < -0.4 is 4.90 Å². The van der Waals surface area contributed by atoms with Gasteiger partial charge >= 0.3 is 0 Å². The van der Waals surface area contributed by atoms with Crippen LogP contribution in [0.4, 0.5) is 10.1 Å². The number of piperazine rings is 1. The highest BCUT2D eigenvalue weighted by Gasteiger charge is 2.28. The number of carbonyl (C=O) groups excluding carboxylic acids is 1. The van der Waals surface area contributed by atoms with Crippen molar-refractivity contribution in [3.05, 3.63) is 84.6 Å². The Balaban J connectivity index is 1.25. The van der Waals surface area contributed by atoms with Gasteiger partial charge in [-0.25, -0.2) is 9.37 Å². The monoisotopic (exact) mass is 484 g/mol. The maximum absolute atomic E-state index is 13.6. The quantitative estimate of drug-likeness (QED) is 0.347. The van der Waals surface area contributed by atoms with Crippen LogP contribution in [0.1, 0.15) is 42.3 Å². The number of halogens is 1. The van der Waals surface area contributed by atoms with Crippen molar-refractivity contribution in [3.63, 3.8) is 0 Å². The normalized spacial score (nSPS) is 16.6. The first kappa shape index (κ1) is 22.6. The first-order valence-corrected chi connectivity index (χ1v) is 12.7. The van der Waals surface area contributed by atoms with Crippen molar-refractivity contribution in [2.45, 2.75) is 31.7 Å². The fraction of sp³-hybridized carbons (Fsp3) is 0.310. The van der Waals surface area contributed by atoms with E-state index < -0.39 is 0 Å². The zero-order valence-corrected chi connectivity index (χ0v) is 20.1. The Kier molecular flexibility index (Phi) is 6.05. The fourth-order valence-corrected chi connectivity index (χ4v) is 5.43. The number of hydrogen-bond acceptors (Lipinski definition) is 4. The van der Waals surface area contributed by atoms with E-state index in [2.05, 4.69) is 21.6 Å². The molecule has 6 nitrogen and oxygen atoms in total. The summed E-state index contributed by atoms with van der Waals surface area (Å²) >= 11 is 0. The zero-order chi connectivity index (χ0) is 24.5. The van der Waals surface area contributed by atoms with Crippen molar-refractivity contribution >= 4 is 11.6 Å². The second-order valence-electron chi connectivity index (χ2n) is 9.57. The maximum Gasteiger partial charge on any atom is 0.289 e. The number of rotatable bonds is 5. The van der Waals surface area contributed by atoms with Crippen molar-refractivity contribution < 1.29 is 13.6 Å². The number of carbonyl (C=O) groups is 1. The highest BCUT2D eigenvalue weighted by Crippen LogP contribution is 2.39. The van der Waals surface area contributed by atoms with Gasteiger partial charge in [0.05, 0.1) is 12.0 Å². The molecule has 1 saturated heterocycles. The van der Waals surface area contributed by atoms with Crippen molar-refractivity contribution in [1.82, 2.24) is 14.5 Å². The van der Waals surface area contributed by atoms with E-state index in [0.29, 0.717) is 30.7 Å². The molecule has 0 bridgehead atoms. The molecule has 2 aromatic carbocycles. The molecule has 1 aliphatic carbocycles. The number of nitrogens with zero attached hydrogens (tertiary/aromatic N) is 4. The van der Waals surface area contributed by atoms with Crippen LogP contribution in [0.2, 0.25) is 0 Å². The molecular formula is C29H29FN4O2. The van der Waals surface area contributed by atoms with Crippen molar-refractivity contribution in [1.29, 1.82) is 0 Å². The van der Waals surface area contributed by atoms with Gasteiger partial charge < -0.3 is 18.8 Å². The van der Waals surface area contributed by atoms with Crippen LogP contribution in [0, 0.1) is 5.82 Å². The smallest absolute Gasteiger partial charge is 0.289 e. The molecule has 2 fully saturated rings. The van der Waals surface area contributed by atoms with Crippen LogP contribution >= 0.6 is 0 Å². The van der Waals surface area contributed by atoms with Crippen LogP contribution in [0.3, 0.4) is 0 Å². The first-order valence-electron chi connectivity index (χ1n) is 12.7. The number of para-hydroxylation sites is 1. The summed E-state index contributed by atoms with van der Waals surface area (Å²) in [4.78, 5) is 22.2. The highest BCUT2D eigenvalue weighted by atomic mass is 19.1. The van der Waals surface area contributed by atoms with Crippen LogP contribution in [0.25, 0.3) is 22.7 Å². The predicted octanol–water partition coefficient (Wildman–Crippen LogP) is 6.03. The molecule has 4 aromatic rings. The van der Waals surface area contributed by atoms with Gasteiger partial charge in [0.25, 0.3) is 5.91 Å². The lowest BCUT2D eigenvalue weighted by atomic mass is 10.1. The molecule has 0 spiro atoms. The molecule has 0 unspecified atom stereocenters. The Morgan fingerprint density at radius 2 is 1.61 bits per heavy atom. The number of hydrogen-bond donors (Lipinski definition) is 0. The predicted molar refractivity (Wildman–Crippen MR) is 137 cm³/mol. The van der Waals surface area contributed by atoms with Gasteiger partial charge in [-0.15, -0.1) is 0 Å². The van der Waals surface area contributed by atoms with Crippen LogP contribution in [-0.2, 0) is 0 Å². The van der Waals surface area contributed by atoms with E-state index in [-0.39, 0.29) is 11.7 Å². The van der Waals surface area contributed by atoms with Gasteiger partial charge in [0.2, 0.25) is 0 Å². The third kappa shape index (κ3) is 4.30. The largest absolute Gasteiger partial charge is 0.449 e. The van der Waals surface area contributed by atoms with Gasteiger partial charge in [-0.2, -0.15) is 0 Å². The number of amides is 1. The molecule has 6 rings (SSSR count). The summed E-state index contributed by atoms with van der Waals surface area (Å²) in [7, 11) is 0. The number of aromatic nitrogens is 2. The molecule has 0 radical (unpaired) electrons. The van der Waals surface area contributed by atoms with Crippen molar-refractivity contribution in [2.24, 2.45) is 0 Å². The van der Waals surface area contributed by atoms with Gasteiger partial charge in [0, 0.05) is 43.5 Å². The molecule has 0 N–H and O–H groups in total. The summed E-state index contributed by atoms with van der Waals surface area (Å²) in [5, 5.41) is 0. The molecule has 184 valence electrons. The van der Waals surface area contributed by atoms with E-state index in [4.69, 9.17) is 9.40 Å². The molecule has 36 heavy (non-hydrogen) atoms. The molecule has 1 saturated carbocycles. The van der Waals surface area contributed by atoms with E-state index in [9.17, 15) is 9.18 Å². The summed E-state index contributed by atoms with van der Waals surface area (Å²) in [5.41, 5.74) is 3.59. The molecule has 2 aliphatic rings. The van der Waals surface area contributed by atoms with E-state index in [0.717, 1.165) is 42.9 Å². The molecule has 7 heteroatoms. The second kappa shape index (κ2) is 9.64. The molecule has 1 amide bonds. The van der Waals surface area contributed by atoms with E-state index >= 15 is 0 Å². The van der Waals surface area contributed by atoms with Gasteiger partial charge in [-0.1, -0.05) is 31.0 Å². The average molecular weight is 485 g/mol. The lowest BCUT2D eigenvalue weighted by molar-refractivity contribution is 0.0715. The van der Waals surface area contributed by atoms with Gasteiger partial charge in [0.1, 0.15) is 11.5 Å². The lowest BCUT2D eigenvalue weighted by Gasteiger charge is -2.35. The Morgan fingerprint density at radius 3 is 2.33 bits per heavy atom. The second-order valence-corrected chi connectivity index (χ2v) is 9.57.